The van der Waals surface area contributed by atoms with Crippen molar-refractivity contribution < 1.29 is 9.53 Å². The Morgan fingerprint density at radius 1 is 1.36 bits per heavy atom. The summed E-state index contributed by atoms with van der Waals surface area (Å²) in [4.78, 5) is 12.3. The van der Waals surface area contributed by atoms with Gasteiger partial charge in [0, 0.05) is 5.92 Å². The summed E-state index contributed by atoms with van der Waals surface area (Å²) in [5, 5.41) is 10.3. The molecule has 5 nitrogen and oxygen atoms in total. The highest BCUT2D eigenvalue weighted by Gasteiger charge is 2.27. The number of H-pyrrole nitrogens is 1. The summed E-state index contributed by atoms with van der Waals surface area (Å²) in [5.74, 6) is 1.44. The molecule has 1 aliphatic heterocycles. The molecule has 1 amide bonds. The first-order chi connectivity index (χ1) is 10.8. The monoisotopic (exact) mass is 297 g/mol. The Hall–Kier alpha value is -2.30. The summed E-state index contributed by atoms with van der Waals surface area (Å²) in [6, 6.07) is 9.96. The standard InChI is InChI=1S/C17H19N3O2/c21-17(13-7-12-3-1-2-4-16(12)22-10-13)18-9-14-8-15(20-19-14)11-5-6-11/h1-4,8,11,13H,5-7,9-10H2,(H,18,21)(H,19,20)/t13-/m1/s1. The highest BCUT2D eigenvalue weighted by molar-refractivity contribution is 5.79. The molecule has 1 aromatic carbocycles. The second-order valence-electron chi connectivity index (χ2n) is 6.13. The second kappa shape index (κ2) is 5.48. The van der Waals surface area contributed by atoms with Crippen LogP contribution in [0.5, 0.6) is 5.75 Å². The Balaban J connectivity index is 1.34. The maximum atomic E-state index is 12.3. The van der Waals surface area contributed by atoms with Crippen molar-refractivity contribution in [3.05, 3.63) is 47.3 Å². The zero-order chi connectivity index (χ0) is 14.9. The summed E-state index contributed by atoms with van der Waals surface area (Å²) < 4.78 is 5.67. The lowest BCUT2D eigenvalue weighted by molar-refractivity contribution is -0.126. The van der Waals surface area contributed by atoms with Gasteiger partial charge in [-0.25, -0.2) is 0 Å². The Bertz CT molecular complexity index is 691. The van der Waals surface area contributed by atoms with Crippen molar-refractivity contribution in [1.82, 2.24) is 15.5 Å². The molecule has 0 unspecified atom stereocenters. The fourth-order valence-corrected chi connectivity index (χ4v) is 2.88. The molecule has 0 radical (unpaired) electrons. The minimum absolute atomic E-state index is 0.0390. The molecule has 2 aromatic rings. The first-order valence-electron chi connectivity index (χ1n) is 7.82. The normalized spacial score (nSPS) is 20.1. The third-order valence-electron chi connectivity index (χ3n) is 4.35. The number of rotatable bonds is 4. The number of carbonyl (C=O) groups excluding carboxylic acids is 1. The van der Waals surface area contributed by atoms with E-state index in [4.69, 9.17) is 4.74 Å². The maximum Gasteiger partial charge on any atom is 0.227 e. The van der Waals surface area contributed by atoms with Crippen LogP contribution < -0.4 is 10.1 Å². The Labute approximate surface area is 129 Å². The molecule has 22 heavy (non-hydrogen) atoms. The predicted molar refractivity (Wildman–Crippen MR) is 81.5 cm³/mol. The van der Waals surface area contributed by atoms with Gasteiger partial charge in [0.05, 0.1) is 23.9 Å². The Morgan fingerprint density at radius 2 is 2.23 bits per heavy atom. The topological polar surface area (TPSA) is 67.0 Å². The van der Waals surface area contributed by atoms with E-state index in [0.717, 1.165) is 29.1 Å². The number of fused-ring (bicyclic) bond motifs is 1. The van der Waals surface area contributed by atoms with Gasteiger partial charge in [-0.1, -0.05) is 18.2 Å². The zero-order valence-electron chi connectivity index (χ0n) is 12.3. The highest BCUT2D eigenvalue weighted by Crippen LogP contribution is 2.39. The van der Waals surface area contributed by atoms with Crippen molar-refractivity contribution in [2.45, 2.75) is 31.7 Å². The molecule has 1 aromatic heterocycles. The largest absolute Gasteiger partial charge is 0.492 e. The van der Waals surface area contributed by atoms with Crippen LogP contribution in [0.2, 0.25) is 0 Å². The van der Waals surface area contributed by atoms with E-state index in [0.29, 0.717) is 19.1 Å². The van der Waals surface area contributed by atoms with Crippen LogP contribution in [-0.4, -0.2) is 22.7 Å². The number of benzene rings is 1. The molecule has 2 N–H and O–H groups in total. The summed E-state index contributed by atoms with van der Waals surface area (Å²) >= 11 is 0. The molecular weight excluding hydrogens is 278 g/mol. The minimum atomic E-state index is -0.124. The van der Waals surface area contributed by atoms with Gasteiger partial charge in [-0.2, -0.15) is 5.10 Å². The average Bonchev–Trinajstić information content (AvgIpc) is 3.31. The van der Waals surface area contributed by atoms with E-state index in [1.165, 1.54) is 12.8 Å². The van der Waals surface area contributed by atoms with Crippen LogP contribution in [0.3, 0.4) is 0 Å². The number of para-hydroxylation sites is 1. The molecule has 2 heterocycles. The van der Waals surface area contributed by atoms with Crippen molar-refractivity contribution in [2.24, 2.45) is 5.92 Å². The van der Waals surface area contributed by atoms with Crippen LogP contribution in [0, 0.1) is 5.92 Å². The molecule has 1 saturated carbocycles. The van der Waals surface area contributed by atoms with E-state index in [2.05, 4.69) is 21.6 Å². The van der Waals surface area contributed by atoms with Gasteiger partial charge >= 0.3 is 0 Å². The number of ether oxygens (including phenoxy) is 1. The van der Waals surface area contributed by atoms with Gasteiger partial charge in [0.2, 0.25) is 5.91 Å². The fraction of sp³-hybridized carbons (Fsp3) is 0.412. The third-order valence-corrected chi connectivity index (χ3v) is 4.35. The number of hydrogen-bond acceptors (Lipinski definition) is 3. The molecule has 2 aliphatic rings. The van der Waals surface area contributed by atoms with Crippen LogP contribution >= 0.6 is 0 Å². The lowest BCUT2D eigenvalue weighted by Gasteiger charge is -2.24. The number of nitrogens with one attached hydrogen (secondary N) is 2. The van der Waals surface area contributed by atoms with Crippen LogP contribution in [0.15, 0.2) is 30.3 Å². The van der Waals surface area contributed by atoms with Crippen LogP contribution in [0.4, 0.5) is 0 Å². The van der Waals surface area contributed by atoms with E-state index in [9.17, 15) is 4.79 Å². The molecule has 0 saturated heterocycles. The van der Waals surface area contributed by atoms with Gasteiger partial charge in [-0.15, -0.1) is 0 Å². The van der Waals surface area contributed by atoms with Crippen molar-refractivity contribution in [1.29, 1.82) is 0 Å². The van der Waals surface area contributed by atoms with E-state index in [-0.39, 0.29) is 11.8 Å². The second-order valence-corrected chi connectivity index (χ2v) is 6.13. The maximum absolute atomic E-state index is 12.3. The number of nitrogens with zero attached hydrogens (tertiary/aromatic N) is 1. The van der Waals surface area contributed by atoms with E-state index < -0.39 is 0 Å². The first-order valence-corrected chi connectivity index (χ1v) is 7.82. The van der Waals surface area contributed by atoms with Crippen molar-refractivity contribution >= 4 is 5.91 Å². The molecule has 1 atom stereocenters. The van der Waals surface area contributed by atoms with E-state index in [1.807, 2.05) is 24.3 Å². The lowest BCUT2D eigenvalue weighted by atomic mass is 9.96. The molecule has 5 heteroatoms. The summed E-state index contributed by atoms with van der Waals surface area (Å²) in [5.41, 5.74) is 3.19. The van der Waals surface area contributed by atoms with Crippen LogP contribution in [0.1, 0.15) is 35.7 Å². The SMILES string of the molecule is O=C(NCc1cc(C2CC2)n[nH]1)[C@H]1COc2ccccc2C1. The summed E-state index contributed by atoms with van der Waals surface area (Å²) in [6.07, 6.45) is 3.20. The molecule has 0 spiro atoms. The van der Waals surface area contributed by atoms with Crippen LogP contribution in [-0.2, 0) is 17.8 Å². The molecule has 1 aliphatic carbocycles. The summed E-state index contributed by atoms with van der Waals surface area (Å²) in [7, 11) is 0. The van der Waals surface area contributed by atoms with Gasteiger partial charge in [-0.3, -0.25) is 9.89 Å². The quantitative estimate of drug-likeness (QED) is 0.908. The highest BCUT2D eigenvalue weighted by atomic mass is 16.5. The van der Waals surface area contributed by atoms with Gasteiger partial charge in [-0.05, 0) is 37.0 Å². The molecule has 4 rings (SSSR count). The number of amides is 1. The average molecular weight is 297 g/mol. The van der Waals surface area contributed by atoms with Crippen molar-refractivity contribution in [3.8, 4) is 5.75 Å². The van der Waals surface area contributed by atoms with Crippen molar-refractivity contribution in [3.63, 3.8) is 0 Å². The van der Waals surface area contributed by atoms with Gasteiger partial charge in [0.25, 0.3) is 0 Å². The van der Waals surface area contributed by atoms with Crippen molar-refractivity contribution in [2.75, 3.05) is 6.61 Å². The van der Waals surface area contributed by atoms with Crippen LogP contribution in [0.25, 0.3) is 0 Å². The van der Waals surface area contributed by atoms with Gasteiger partial charge in [0.1, 0.15) is 12.4 Å². The van der Waals surface area contributed by atoms with E-state index in [1.54, 1.807) is 0 Å². The number of carbonyl (C=O) groups is 1. The predicted octanol–water partition coefficient (Wildman–Crippen LogP) is 2.15. The summed E-state index contributed by atoms with van der Waals surface area (Å²) in [6.45, 7) is 0.940. The Morgan fingerprint density at radius 3 is 3.09 bits per heavy atom. The molecule has 1 fully saturated rings. The minimum Gasteiger partial charge on any atom is -0.492 e. The Kier molecular flexibility index (Phi) is 3.33. The molecule has 0 bridgehead atoms. The lowest BCUT2D eigenvalue weighted by Crippen LogP contribution is -2.37. The first kappa shape index (κ1) is 13.4. The number of aromatic amines is 1. The fourth-order valence-electron chi connectivity index (χ4n) is 2.88. The molecular formula is C17H19N3O2. The number of aromatic nitrogens is 2. The molecule has 114 valence electrons. The van der Waals surface area contributed by atoms with E-state index >= 15 is 0 Å². The zero-order valence-corrected chi connectivity index (χ0v) is 12.3. The third kappa shape index (κ3) is 2.71. The smallest absolute Gasteiger partial charge is 0.227 e. The van der Waals surface area contributed by atoms with Gasteiger partial charge < -0.3 is 10.1 Å². The number of hydrogen-bond donors (Lipinski definition) is 2. The van der Waals surface area contributed by atoms with Gasteiger partial charge in [0.15, 0.2) is 0 Å².